The van der Waals surface area contributed by atoms with Crippen molar-refractivity contribution in [2.45, 2.75) is 0 Å². The molecule has 1 aromatic carbocycles. The Morgan fingerprint density at radius 1 is 0.952 bits per heavy atom. The fourth-order valence-corrected chi connectivity index (χ4v) is 1.60. The van der Waals surface area contributed by atoms with Crippen LogP contribution in [0.3, 0.4) is 0 Å². The molecule has 1 heterocycles. The molecule has 0 spiro atoms. The fraction of sp³-hybridized carbons (Fsp3) is 0.0769. The molecule has 0 bridgehead atoms. The number of hydrogen-bond donors (Lipinski definition) is 0. The number of methoxy groups -OCH3 is 1. The van der Waals surface area contributed by atoms with Crippen LogP contribution in [0.1, 0.15) is 15.9 Å². The average Bonchev–Trinajstić information content (AvgIpc) is 2.51. The van der Waals surface area contributed by atoms with Gasteiger partial charge in [-0.15, -0.1) is 0 Å². The molecule has 3 nitrogen and oxygen atoms in total. The fourth-order valence-electron chi connectivity index (χ4n) is 1.60. The monoisotopic (exact) mass is 303 g/mol. The van der Waals surface area contributed by atoms with Gasteiger partial charge in [-0.3, -0.25) is 9.78 Å². The summed E-state index contributed by atoms with van der Waals surface area (Å²) in [5, 5.41) is 0. The van der Waals surface area contributed by atoms with Crippen molar-refractivity contribution in [3.8, 4) is 5.75 Å². The van der Waals surface area contributed by atoms with Gasteiger partial charge in [-0.25, -0.2) is 22.0 Å². The Labute approximate surface area is 115 Å². The second-order valence-corrected chi connectivity index (χ2v) is 3.89. The number of carbonyl (C=O) groups excluding carboxylic acids is 1. The lowest BCUT2D eigenvalue weighted by atomic mass is 10.0. The van der Waals surface area contributed by atoms with Gasteiger partial charge in [0, 0.05) is 11.8 Å². The summed E-state index contributed by atoms with van der Waals surface area (Å²) in [5.41, 5.74) is -1.92. The van der Waals surface area contributed by atoms with Gasteiger partial charge in [0.15, 0.2) is 23.3 Å². The first-order valence-corrected chi connectivity index (χ1v) is 5.43. The first kappa shape index (κ1) is 14.9. The normalized spacial score (nSPS) is 10.6. The van der Waals surface area contributed by atoms with E-state index < -0.39 is 40.4 Å². The number of nitrogens with zero attached hydrogens (tertiary/aromatic N) is 1. The lowest BCUT2D eigenvalue weighted by Gasteiger charge is -2.08. The zero-order valence-electron chi connectivity index (χ0n) is 10.4. The highest BCUT2D eigenvalue weighted by atomic mass is 19.2. The zero-order chi connectivity index (χ0) is 15.7. The maximum atomic E-state index is 13.5. The largest absolute Gasteiger partial charge is 0.495 e. The number of hydrogen-bond acceptors (Lipinski definition) is 3. The molecule has 0 saturated carbocycles. The molecule has 8 heteroatoms. The van der Waals surface area contributed by atoms with E-state index in [0.717, 1.165) is 12.3 Å². The quantitative estimate of drug-likeness (QED) is 0.379. The van der Waals surface area contributed by atoms with Gasteiger partial charge in [0.2, 0.25) is 11.6 Å². The van der Waals surface area contributed by atoms with Crippen LogP contribution in [-0.4, -0.2) is 17.9 Å². The van der Waals surface area contributed by atoms with Gasteiger partial charge in [0.05, 0.1) is 13.3 Å². The van der Waals surface area contributed by atoms with Crippen molar-refractivity contribution in [1.82, 2.24) is 4.98 Å². The van der Waals surface area contributed by atoms with Gasteiger partial charge in [-0.1, -0.05) is 0 Å². The van der Waals surface area contributed by atoms with E-state index in [0.29, 0.717) is 0 Å². The van der Waals surface area contributed by atoms with Crippen LogP contribution >= 0.6 is 0 Å². The first-order chi connectivity index (χ1) is 9.88. The number of benzene rings is 1. The third kappa shape index (κ3) is 2.44. The predicted octanol–water partition coefficient (Wildman–Crippen LogP) is 3.02. The summed E-state index contributed by atoms with van der Waals surface area (Å²) in [6, 6.07) is 1.06. The van der Waals surface area contributed by atoms with Crippen molar-refractivity contribution < 1.29 is 31.5 Å². The van der Waals surface area contributed by atoms with Gasteiger partial charge >= 0.3 is 0 Å². The van der Waals surface area contributed by atoms with E-state index in [9.17, 15) is 26.7 Å². The van der Waals surface area contributed by atoms with Crippen molar-refractivity contribution in [1.29, 1.82) is 0 Å². The molecule has 1 aromatic heterocycles. The van der Waals surface area contributed by atoms with Crippen molar-refractivity contribution in [3.05, 3.63) is 58.7 Å². The van der Waals surface area contributed by atoms with Gasteiger partial charge < -0.3 is 4.74 Å². The summed E-state index contributed by atoms with van der Waals surface area (Å²) in [6.45, 7) is 0. The summed E-state index contributed by atoms with van der Waals surface area (Å²) in [4.78, 5) is 15.5. The molecule has 0 saturated heterocycles. The van der Waals surface area contributed by atoms with Crippen LogP contribution in [0, 0.1) is 29.1 Å². The first-order valence-electron chi connectivity index (χ1n) is 5.43. The second kappa shape index (κ2) is 5.47. The molecule has 0 unspecified atom stereocenters. The van der Waals surface area contributed by atoms with E-state index in [1.165, 1.54) is 13.3 Å². The molecule has 2 rings (SSSR count). The zero-order valence-corrected chi connectivity index (χ0v) is 10.4. The number of rotatable bonds is 3. The molecule has 0 atom stereocenters. The highest BCUT2D eigenvalue weighted by Gasteiger charge is 2.30. The Balaban J connectivity index is 2.63. The number of aromatic nitrogens is 1. The van der Waals surface area contributed by atoms with Crippen molar-refractivity contribution in [3.63, 3.8) is 0 Å². The number of ketones is 1. The van der Waals surface area contributed by atoms with E-state index in [-0.39, 0.29) is 11.3 Å². The molecule has 0 amide bonds. The Morgan fingerprint density at radius 2 is 1.48 bits per heavy atom. The molecule has 21 heavy (non-hydrogen) atoms. The molecule has 110 valence electrons. The standard InChI is InChI=1S/C13H6F5NO2/c1-21-6-2-5(3-19-4-6)13(20)7-8(14)10(16)12(18)11(17)9(7)15/h2-4H,1H3. The van der Waals surface area contributed by atoms with Crippen molar-refractivity contribution in [2.75, 3.05) is 7.11 Å². The number of carbonyl (C=O) groups is 1. The summed E-state index contributed by atoms with van der Waals surface area (Å²) in [5.74, 6) is -12.4. The summed E-state index contributed by atoms with van der Waals surface area (Å²) >= 11 is 0. The molecule has 0 aliphatic carbocycles. The highest BCUT2D eigenvalue weighted by molar-refractivity contribution is 6.09. The lowest BCUT2D eigenvalue weighted by molar-refractivity contribution is 0.102. The van der Waals surface area contributed by atoms with Crippen LogP contribution in [0.2, 0.25) is 0 Å². The van der Waals surface area contributed by atoms with E-state index in [1.54, 1.807) is 0 Å². The van der Waals surface area contributed by atoms with Crippen LogP contribution in [-0.2, 0) is 0 Å². The molecule has 0 N–H and O–H groups in total. The molecular formula is C13H6F5NO2. The molecule has 2 aromatic rings. The highest BCUT2D eigenvalue weighted by Crippen LogP contribution is 2.25. The minimum absolute atomic E-state index is 0.0877. The Kier molecular flexibility index (Phi) is 3.88. The average molecular weight is 303 g/mol. The molecule has 0 radical (unpaired) electrons. The van der Waals surface area contributed by atoms with E-state index >= 15 is 0 Å². The van der Waals surface area contributed by atoms with Gasteiger partial charge in [0.25, 0.3) is 0 Å². The van der Waals surface area contributed by atoms with Crippen LogP contribution in [0.25, 0.3) is 0 Å². The molecule has 0 fully saturated rings. The minimum Gasteiger partial charge on any atom is -0.495 e. The third-order valence-corrected chi connectivity index (χ3v) is 2.65. The summed E-state index contributed by atoms with van der Waals surface area (Å²) in [7, 11) is 1.25. The van der Waals surface area contributed by atoms with Gasteiger partial charge in [-0.2, -0.15) is 0 Å². The van der Waals surface area contributed by atoms with Crippen molar-refractivity contribution in [2.24, 2.45) is 0 Å². The predicted molar refractivity (Wildman–Crippen MR) is 60.5 cm³/mol. The van der Waals surface area contributed by atoms with E-state index in [4.69, 9.17) is 4.74 Å². The van der Waals surface area contributed by atoms with Crippen molar-refractivity contribution >= 4 is 5.78 Å². The molecule has 0 aliphatic rings. The number of pyridine rings is 1. The summed E-state index contributed by atoms with van der Waals surface area (Å²) in [6.07, 6.45) is 2.12. The maximum Gasteiger partial charge on any atom is 0.200 e. The van der Waals surface area contributed by atoms with E-state index in [1.807, 2.05) is 0 Å². The van der Waals surface area contributed by atoms with E-state index in [2.05, 4.69) is 4.98 Å². The SMILES string of the molecule is COc1cncc(C(=O)c2c(F)c(F)c(F)c(F)c2F)c1. The topological polar surface area (TPSA) is 39.2 Å². The van der Waals surface area contributed by atoms with Crippen LogP contribution < -0.4 is 4.74 Å². The Hall–Kier alpha value is -2.51. The lowest BCUT2D eigenvalue weighted by Crippen LogP contribution is -2.14. The smallest absolute Gasteiger partial charge is 0.200 e. The third-order valence-electron chi connectivity index (χ3n) is 2.65. The minimum atomic E-state index is -2.33. The van der Waals surface area contributed by atoms with Crippen LogP contribution in [0.4, 0.5) is 22.0 Å². The summed E-state index contributed by atoms with van der Waals surface area (Å²) < 4.78 is 70.9. The van der Waals surface area contributed by atoms with Gasteiger partial charge in [0.1, 0.15) is 11.3 Å². The molecule has 0 aliphatic heterocycles. The van der Waals surface area contributed by atoms with Crippen LogP contribution in [0.15, 0.2) is 18.5 Å². The Morgan fingerprint density at radius 3 is 2.00 bits per heavy atom. The Bertz CT molecular complexity index is 704. The number of halogens is 5. The maximum absolute atomic E-state index is 13.5. The second-order valence-electron chi connectivity index (χ2n) is 3.89. The molecular weight excluding hydrogens is 297 g/mol. The van der Waals surface area contributed by atoms with Gasteiger partial charge in [-0.05, 0) is 6.07 Å². The number of ether oxygens (including phenoxy) is 1. The van der Waals surface area contributed by atoms with Crippen LogP contribution in [0.5, 0.6) is 5.75 Å².